The van der Waals surface area contributed by atoms with Gasteiger partial charge in [-0.3, -0.25) is 9.59 Å². The predicted octanol–water partition coefficient (Wildman–Crippen LogP) is 4.77. The van der Waals surface area contributed by atoms with Gasteiger partial charge in [0.1, 0.15) is 12.4 Å². The van der Waals surface area contributed by atoms with Crippen molar-refractivity contribution >= 4 is 35.1 Å². The summed E-state index contributed by atoms with van der Waals surface area (Å²) in [6.45, 7) is 3.99. The van der Waals surface area contributed by atoms with Gasteiger partial charge in [-0.1, -0.05) is 54.2 Å². The number of fused-ring (bicyclic) bond motifs is 1. The predicted molar refractivity (Wildman–Crippen MR) is 134 cm³/mol. The normalized spacial score (nSPS) is 14.8. The number of nitrogens with zero attached hydrogens (tertiary/aromatic N) is 2. The zero-order chi connectivity index (χ0) is 24.2. The first-order chi connectivity index (χ1) is 16.4. The maximum Gasteiger partial charge on any atom is 0.279 e. The Hall–Kier alpha value is -3.23. The maximum atomic E-state index is 13.2. The van der Waals surface area contributed by atoms with Crippen molar-refractivity contribution in [2.45, 2.75) is 23.2 Å². The fourth-order valence-corrected chi connectivity index (χ4v) is 5.01. The van der Waals surface area contributed by atoms with Gasteiger partial charge in [-0.05, 0) is 35.4 Å². The van der Waals surface area contributed by atoms with Crippen LogP contribution in [0.1, 0.15) is 29.0 Å². The van der Waals surface area contributed by atoms with Crippen LogP contribution < -0.4 is 20.3 Å². The highest BCUT2D eigenvalue weighted by molar-refractivity contribution is 7.98. The van der Waals surface area contributed by atoms with E-state index in [1.165, 1.54) is 11.8 Å². The zero-order valence-electron chi connectivity index (χ0n) is 18.8. The zero-order valence-corrected chi connectivity index (χ0v) is 20.4. The summed E-state index contributed by atoms with van der Waals surface area (Å²) < 4.78 is 12.9. The first-order valence-electron chi connectivity index (χ1n) is 10.6. The SMILES string of the molecule is C=CCOc1ccc([C@H]2CC(=O)Nc3c2c(=O)nc(SCc2cccc(Cl)c2)n3C)cc1OC. The van der Waals surface area contributed by atoms with Crippen LogP contribution in [0, 0.1) is 0 Å². The van der Waals surface area contributed by atoms with Gasteiger partial charge in [0, 0.05) is 30.2 Å². The minimum Gasteiger partial charge on any atom is -0.493 e. The molecule has 176 valence electrons. The lowest BCUT2D eigenvalue weighted by atomic mass is 9.86. The lowest BCUT2D eigenvalue weighted by Gasteiger charge is -2.28. The van der Waals surface area contributed by atoms with Crippen molar-refractivity contribution in [2.24, 2.45) is 7.05 Å². The third-order valence-corrected chi connectivity index (χ3v) is 6.84. The third-order valence-electron chi connectivity index (χ3n) is 5.50. The number of ether oxygens (including phenoxy) is 2. The molecule has 9 heteroatoms. The molecule has 1 aromatic heterocycles. The lowest BCUT2D eigenvalue weighted by molar-refractivity contribution is -0.116. The molecule has 2 heterocycles. The van der Waals surface area contributed by atoms with Gasteiger partial charge in [0.15, 0.2) is 16.7 Å². The molecule has 0 fully saturated rings. The van der Waals surface area contributed by atoms with Crippen molar-refractivity contribution in [2.75, 3.05) is 19.0 Å². The molecule has 0 saturated carbocycles. The summed E-state index contributed by atoms with van der Waals surface area (Å²) in [6.07, 6.45) is 1.78. The van der Waals surface area contributed by atoms with E-state index in [-0.39, 0.29) is 17.9 Å². The van der Waals surface area contributed by atoms with Gasteiger partial charge >= 0.3 is 0 Å². The van der Waals surface area contributed by atoms with Crippen molar-refractivity contribution in [3.05, 3.63) is 87.2 Å². The molecular weight excluding hydrogens is 474 g/mol. The van der Waals surface area contributed by atoms with Crippen LogP contribution in [0.15, 0.2) is 65.1 Å². The number of halogens is 1. The average Bonchev–Trinajstić information content (AvgIpc) is 2.83. The largest absolute Gasteiger partial charge is 0.493 e. The molecule has 4 rings (SSSR count). The maximum absolute atomic E-state index is 13.2. The summed E-state index contributed by atoms with van der Waals surface area (Å²) in [5, 5.41) is 4.03. The number of rotatable bonds is 8. The molecule has 0 radical (unpaired) electrons. The van der Waals surface area contributed by atoms with Gasteiger partial charge in [-0.2, -0.15) is 4.98 Å². The van der Waals surface area contributed by atoms with Crippen LogP contribution in [0.3, 0.4) is 0 Å². The van der Waals surface area contributed by atoms with Crippen LogP contribution in [0.2, 0.25) is 5.02 Å². The highest BCUT2D eigenvalue weighted by atomic mass is 35.5. The molecule has 1 aliphatic rings. The molecule has 0 unspecified atom stereocenters. The van der Waals surface area contributed by atoms with Crippen LogP contribution in [-0.4, -0.2) is 29.2 Å². The smallest absolute Gasteiger partial charge is 0.279 e. The number of amides is 1. The van der Waals surface area contributed by atoms with Gasteiger partial charge in [0.05, 0.1) is 12.7 Å². The van der Waals surface area contributed by atoms with Crippen molar-refractivity contribution in [3.8, 4) is 11.5 Å². The Balaban J connectivity index is 1.69. The fourth-order valence-electron chi connectivity index (χ4n) is 3.89. The number of nitrogens with one attached hydrogen (secondary N) is 1. The van der Waals surface area contributed by atoms with Gasteiger partial charge in [0.2, 0.25) is 5.91 Å². The molecule has 0 saturated heterocycles. The molecule has 0 bridgehead atoms. The number of hydrogen-bond acceptors (Lipinski definition) is 6. The second-order valence-corrected chi connectivity index (χ2v) is 9.13. The monoisotopic (exact) mass is 497 g/mol. The van der Waals surface area contributed by atoms with Crippen molar-refractivity contribution in [1.29, 1.82) is 0 Å². The Bertz CT molecular complexity index is 1310. The Labute approximate surface area is 206 Å². The Kier molecular flexibility index (Phi) is 7.29. The molecule has 7 nitrogen and oxygen atoms in total. The molecule has 1 N–H and O–H groups in total. The average molecular weight is 498 g/mol. The Morgan fingerprint density at radius 3 is 2.82 bits per heavy atom. The van der Waals surface area contributed by atoms with Crippen LogP contribution in [0.4, 0.5) is 5.82 Å². The third kappa shape index (κ3) is 4.98. The molecule has 1 aliphatic heterocycles. The van der Waals surface area contributed by atoms with Gasteiger partial charge in [0.25, 0.3) is 5.56 Å². The van der Waals surface area contributed by atoms with E-state index in [0.717, 1.165) is 11.1 Å². The van der Waals surface area contributed by atoms with E-state index in [4.69, 9.17) is 21.1 Å². The van der Waals surface area contributed by atoms with Gasteiger partial charge < -0.3 is 19.4 Å². The number of benzene rings is 2. The fraction of sp³-hybridized carbons (Fsp3) is 0.240. The molecular formula is C25H24ClN3O4S. The Morgan fingerprint density at radius 2 is 2.09 bits per heavy atom. The summed E-state index contributed by atoms with van der Waals surface area (Å²) in [4.78, 5) is 30.2. The topological polar surface area (TPSA) is 82.5 Å². The van der Waals surface area contributed by atoms with E-state index in [1.807, 2.05) is 30.3 Å². The summed E-state index contributed by atoms with van der Waals surface area (Å²) in [5.41, 5.74) is 1.88. The number of carbonyl (C=O) groups excluding carboxylic acids is 1. The number of hydrogen-bond donors (Lipinski definition) is 1. The van der Waals surface area contributed by atoms with Crippen LogP contribution in [-0.2, 0) is 17.6 Å². The van der Waals surface area contributed by atoms with Gasteiger partial charge in [-0.25, -0.2) is 0 Å². The highest BCUT2D eigenvalue weighted by Gasteiger charge is 2.32. The van der Waals surface area contributed by atoms with Crippen LogP contribution in [0.5, 0.6) is 11.5 Å². The molecule has 3 aromatic rings. The second kappa shape index (κ2) is 10.4. The summed E-state index contributed by atoms with van der Waals surface area (Å²) in [7, 11) is 3.34. The van der Waals surface area contributed by atoms with Crippen LogP contribution in [0.25, 0.3) is 0 Å². The minimum atomic E-state index is -0.454. The molecule has 34 heavy (non-hydrogen) atoms. The molecule has 1 atom stereocenters. The van der Waals surface area contributed by atoms with Gasteiger partial charge in [-0.15, -0.1) is 0 Å². The first kappa shape index (κ1) is 23.9. The molecule has 2 aromatic carbocycles. The van der Waals surface area contributed by atoms with E-state index in [2.05, 4.69) is 16.9 Å². The van der Waals surface area contributed by atoms with Crippen molar-refractivity contribution in [1.82, 2.24) is 9.55 Å². The van der Waals surface area contributed by atoms with Crippen LogP contribution >= 0.6 is 23.4 Å². The number of anilines is 1. The quantitative estimate of drug-likeness (QED) is 0.274. The van der Waals surface area contributed by atoms with Crippen molar-refractivity contribution in [3.63, 3.8) is 0 Å². The summed E-state index contributed by atoms with van der Waals surface area (Å²) in [5.74, 6) is 1.50. The van der Waals surface area contributed by atoms with Crippen molar-refractivity contribution < 1.29 is 14.3 Å². The second-order valence-electron chi connectivity index (χ2n) is 7.75. The lowest BCUT2D eigenvalue weighted by Crippen LogP contribution is -2.33. The Morgan fingerprint density at radius 1 is 1.26 bits per heavy atom. The molecule has 1 amide bonds. The summed E-state index contributed by atoms with van der Waals surface area (Å²) in [6, 6.07) is 12.9. The number of aromatic nitrogens is 2. The van der Waals surface area contributed by atoms with E-state index in [1.54, 1.807) is 36.9 Å². The first-order valence-corrected chi connectivity index (χ1v) is 12.0. The van der Waals surface area contributed by atoms with E-state index in [9.17, 15) is 9.59 Å². The molecule has 0 spiro atoms. The summed E-state index contributed by atoms with van der Waals surface area (Å²) >= 11 is 7.48. The standard InChI is InChI=1S/C25H24ClN3O4S/c1-4-10-33-19-9-8-16(12-20(19)32-3)18-13-21(30)27-23-22(18)24(31)28-25(29(23)2)34-14-15-6-5-7-17(26)11-15/h4-9,11-12,18H,1,10,13-14H2,2-3H3,(H,27,30)/t18-/m1/s1. The van der Waals surface area contributed by atoms with E-state index >= 15 is 0 Å². The number of methoxy groups -OCH3 is 1. The van der Waals surface area contributed by atoms with E-state index < -0.39 is 5.92 Å². The molecule has 0 aliphatic carbocycles. The number of carbonyl (C=O) groups is 1. The number of thioether (sulfide) groups is 1. The minimum absolute atomic E-state index is 0.134. The highest BCUT2D eigenvalue weighted by Crippen LogP contribution is 2.39. The van der Waals surface area contributed by atoms with E-state index in [0.29, 0.717) is 45.4 Å².